The van der Waals surface area contributed by atoms with Gasteiger partial charge in [-0.15, -0.1) is 0 Å². The summed E-state index contributed by atoms with van der Waals surface area (Å²) in [6.07, 6.45) is 1.75. The minimum absolute atomic E-state index is 0.572. The molecule has 0 unspecified atom stereocenters. The minimum Gasteiger partial charge on any atom is -0.286 e. The third-order valence-electron chi connectivity index (χ3n) is 2.48. The summed E-state index contributed by atoms with van der Waals surface area (Å²) in [7, 11) is 0. The van der Waals surface area contributed by atoms with Gasteiger partial charge in [0.2, 0.25) is 0 Å². The molecular formula is C12H12N4. The first-order valence-electron chi connectivity index (χ1n) is 5.02. The van der Waals surface area contributed by atoms with Gasteiger partial charge in [-0.05, 0) is 32.9 Å². The largest absolute Gasteiger partial charge is 0.286 e. The van der Waals surface area contributed by atoms with E-state index >= 15 is 0 Å². The Kier molecular flexibility index (Phi) is 2.45. The highest BCUT2D eigenvalue weighted by Gasteiger charge is 2.12. The molecule has 0 aromatic carbocycles. The molecule has 0 amide bonds. The average Bonchev–Trinajstić information content (AvgIpc) is 2.54. The Bertz CT molecular complexity index is 558. The number of hydrogen-bond donors (Lipinski definition) is 0. The van der Waals surface area contributed by atoms with Crippen LogP contribution in [0.1, 0.15) is 22.9 Å². The van der Waals surface area contributed by atoms with Crippen LogP contribution in [0.25, 0.3) is 5.69 Å². The molecule has 0 aliphatic rings. The first-order valence-corrected chi connectivity index (χ1v) is 5.02. The van der Waals surface area contributed by atoms with E-state index in [1.54, 1.807) is 6.20 Å². The van der Waals surface area contributed by atoms with Crippen LogP contribution >= 0.6 is 0 Å². The fourth-order valence-electron chi connectivity index (χ4n) is 1.71. The molecule has 0 aliphatic heterocycles. The number of imidazole rings is 1. The fourth-order valence-corrected chi connectivity index (χ4v) is 1.71. The molecule has 2 rings (SSSR count). The quantitative estimate of drug-likeness (QED) is 0.727. The van der Waals surface area contributed by atoms with Gasteiger partial charge in [0.1, 0.15) is 17.6 Å². The second-order valence-corrected chi connectivity index (χ2v) is 3.70. The van der Waals surface area contributed by atoms with Gasteiger partial charge in [-0.25, -0.2) is 4.98 Å². The predicted octanol–water partition coefficient (Wildman–Crippen LogP) is 2.06. The lowest BCUT2D eigenvalue weighted by atomic mass is 10.3. The average molecular weight is 212 g/mol. The Morgan fingerprint density at radius 1 is 1.25 bits per heavy atom. The number of hydrogen-bond acceptors (Lipinski definition) is 3. The second kappa shape index (κ2) is 3.78. The Balaban J connectivity index is 2.64. The van der Waals surface area contributed by atoms with E-state index in [0.717, 1.165) is 22.9 Å². The van der Waals surface area contributed by atoms with E-state index in [0.29, 0.717) is 5.69 Å². The minimum atomic E-state index is 0.572. The number of nitrogens with zero attached hydrogens (tertiary/aromatic N) is 4. The number of aryl methyl sites for hydroxylation is 3. The lowest BCUT2D eigenvalue weighted by Gasteiger charge is -2.05. The van der Waals surface area contributed by atoms with Gasteiger partial charge in [-0.3, -0.25) is 9.55 Å². The molecule has 0 spiro atoms. The van der Waals surface area contributed by atoms with Crippen LogP contribution in [0.4, 0.5) is 0 Å². The normalized spacial score (nSPS) is 10.1. The molecule has 0 bridgehead atoms. The van der Waals surface area contributed by atoms with Gasteiger partial charge in [-0.1, -0.05) is 0 Å². The van der Waals surface area contributed by atoms with Crippen LogP contribution in [0.3, 0.4) is 0 Å². The van der Waals surface area contributed by atoms with Crippen molar-refractivity contribution < 1.29 is 0 Å². The summed E-state index contributed by atoms with van der Waals surface area (Å²) < 4.78 is 1.82. The SMILES string of the molecule is Cc1ccc(-n2c(C)nc(C)c2C#N)cn1. The van der Waals surface area contributed by atoms with Gasteiger partial charge in [0.25, 0.3) is 0 Å². The van der Waals surface area contributed by atoms with Gasteiger partial charge in [-0.2, -0.15) is 5.26 Å². The van der Waals surface area contributed by atoms with E-state index in [1.165, 1.54) is 0 Å². The molecule has 4 nitrogen and oxygen atoms in total. The van der Waals surface area contributed by atoms with Gasteiger partial charge in [0.15, 0.2) is 0 Å². The van der Waals surface area contributed by atoms with Crippen molar-refractivity contribution in [2.24, 2.45) is 0 Å². The lowest BCUT2D eigenvalue weighted by molar-refractivity contribution is 0.947. The van der Waals surface area contributed by atoms with Gasteiger partial charge >= 0.3 is 0 Å². The molecule has 4 heteroatoms. The summed E-state index contributed by atoms with van der Waals surface area (Å²) in [4.78, 5) is 8.52. The highest BCUT2D eigenvalue weighted by Crippen LogP contribution is 2.16. The predicted molar refractivity (Wildman–Crippen MR) is 60.3 cm³/mol. The standard InChI is InChI=1S/C12H12N4/c1-8-4-5-11(7-14-8)16-10(3)15-9(2)12(16)6-13/h4-5,7H,1-3H3. The van der Waals surface area contributed by atoms with E-state index in [9.17, 15) is 0 Å². The summed E-state index contributed by atoms with van der Waals surface area (Å²) in [5.74, 6) is 0.805. The highest BCUT2D eigenvalue weighted by molar-refractivity contribution is 5.40. The van der Waals surface area contributed by atoms with E-state index in [2.05, 4.69) is 16.0 Å². The summed E-state index contributed by atoms with van der Waals surface area (Å²) in [6, 6.07) is 6.03. The maximum Gasteiger partial charge on any atom is 0.147 e. The molecule has 0 atom stereocenters. The zero-order chi connectivity index (χ0) is 11.7. The number of nitriles is 1. The molecule has 0 saturated carbocycles. The van der Waals surface area contributed by atoms with Crippen molar-refractivity contribution in [2.45, 2.75) is 20.8 Å². The van der Waals surface area contributed by atoms with Crippen molar-refractivity contribution in [3.63, 3.8) is 0 Å². The summed E-state index contributed by atoms with van der Waals surface area (Å²) in [5, 5.41) is 9.10. The molecule has 0 aliphatic carbocycles. The van der Waals surface area contributed by atoms with Crippen LogP contribution in [0.5, 0.6) is 0 Å². The third kappa shape index (κ3) is 1.57. The molecule has 80 valence electrons. The molecule has 0 radical (unpaired) electrons. The molecule has 0 fully saturated rings. The first-order chi connectivity index (χ1) is 7.63. The molecule has 2 aromatic rings. The maximum absolute atomic E-state index is 9.10. The van der Waals surface area contributed by atoms with E-state index in [1.807, 2.05) is 37.5 Å². The van der Waals surface area contributed by atoms with Crippen LogP contribution in [0, 0.1) is 32.1 Å². The summed E-state index contributed by atoms with van der Waals surface area (Å²) in [6.45, 7) is 5.65. The molecule has 2 heterocycles. The van der Waals surface area contributed by atoms with E-state index < -0.39 is 0 Å². The lowest BCUT2D eigenvalue weighted by Crippen LogP contribution is -2.01. The van der Waals surface area contributed by atoms with Crippen molar-refractivity contribution in [1.82, 2.24) is 14.5 Å². The smallest absolute Gasteiger partial charge is 0.147 e. The number of pyridine rings is 1. The monoisotopic (exact) mass is 212 g/mol. The first kappa shape index (κ1) is 10.4. The Hall–Kier alpha value is -2.15. The van der Waals surface area contributed by atoms with Crippen molar-refractivity contribution in [2.75, 3.05) is 0 Å². The maximum atomic E-state index is 9.10. The molecular weight excluding hydrogens is 200 g/mol. The van der Waals surface area contributed by atoms with Crippen molar-refractivity contribution in [3.05, 3.63) is 41.2 Å². The van der Waals surface area contributed by atoms with E-state index in [4.69, 9.17) is 5.26 Å². The second-order valence-electron chi connectivity index (χ2n) is 3.70. The Morgan fingerprint density at radius 3 is 2.56 bits per heavy atom. The topological polar surface area (TPSA) is 54.5 Å². The highest BCUT2D eigenvalue weighted by atomic mass is 15.1. The summed E-state index contributed by atoms with van der Waals surface area (Å²) in [5.41, 5.74) is 3.15. The van der Waals surface area contributed by atoms with Crippen molar-refractivity contribution in [1.29, 1.82) is 5.26 Å². The zero-order valence-electron chi connectivity index (χ0n) is 9.52. The summed E-state index contributed by atoms with van der Waals surface area (Å²) >= 11 is 0. The Labute approximate surface area is 94.2 Å². The van der Waals surface area contributed by atoms with E-state index in [-0.39, 0.29) is 0 Å². The Morgan fingerprint density at radius 2 is 2.00 bits per heavy atom. The molecule has 0 N–H and O–H groups in total. The molecule has 2 aromatic heterocycles. The van der Waals surface area contributed by atoms with Crippen molar-refractivity contribution >= 4 is 0 Å². The van der Waals surface area contributed by atoms with Crippen molar-refractivity contribution in [3.8, 4) is 11.8 Å². The van der Waals surface area contributed by atoms with Gasteiger partial charge in [0, 0.05) is 5.69 Å². The fraction of sp³-hybridized carbons (Fsp3) is 0.250. The molecule has 16 heavy (non-hydrogen) atoms. The zero-order valence-corrected chi connectivity index (χ0v) is 9.52. The van der Waals surface area contributed by atoms with Crippen LogP contribution in [-0.4, -0.2) is 14.5 Å². The molecule has 0 saturated heterocycles. The van der Waals surface area contributed by atoms with Crippen LogP contribution in [0.15, 0.2) is 18.3 Å². The third-order valence-corrected chi connectivity index (χ3v) is 2.48. The number of rotatable bonds is 1. The van der Waals surface area contributed by atoms with Crippen LogP contribution in [0.2, 0.25) is 0 Å². The van der Waals surface area contributed by atoms with Gasteiger partial charge < -0.3 is 0 Å². The van der Waals surface area contributed by atoms with Gasteiger partial charge in [0.05, 0.1) is 17.6 Å². The van der Waals surface area contributed by atoms with Crippen LogP contribution < -0.4 is 0 Å². The number of aromatic nitrogens is 3. The van der Waals surface area contributed by atoms with Crippen LogP contribution in [-0.2, 0) is 0 Å².